The number of ether oxygens (including phenoxy) is 2. The Balaban J connectivity index is 2.20. The van der Waals surface area contributed by atoms with E-state index >= 15 is 0 Å². The van der Waals surface area contributed by atoms with Crippen molar-refractivity contribution in [3.63, 3.8) is 0 Å². The first-order chi connectivity index (χ1) is 8.74. The summed E-state index contributed by atoms with van der Waals surface area (Å²) in [5.74, 6) is 0.559. The Bertz CT molecular complexity index is 528. The minimum absolute atomic E-state index is 0.262. The molecule has 0 aliphatic heterocycles. The molecule has 0 bridgehead atoms. The molecule has 1 aromatic carbocycles. The van der Waals surface area contributed by atoms with E-state index in [0.29, 0.717) is 11.5 Å². The molecule has 0 unspecified atom stereocenters. The molecule has 4 heteroatoms. The smallest absolute Gasteiger partial charge is 0.348 e. The fourth-order valence-corrected chi connectivity index (χ4v) is 2.47. The number of esters is 1. The molecule has 0 radical (unpaired) electrons. The predicted octanol–water partition coefficient (Wildman–Crippen LogP) is 3.60. The summed E-state index contributed by atoms with van der Waals surface area (Å²) in [5, 5.41) is 0. The van der Waals surface area contributed by atoms with Crippen LogP contribution in [0.2, 0.25) is 0 Å². The molecule has 0 saturated heterocycles. The standard InChI is InChI=1S/C14H14O3S/c1-3-17-14(15)13-9-8-12(18-13)10-4-6-11(16-2)7-5-10/h4-9H,3H2,1-2H3. The lowest BCUT2D eigenvalue weighted by Gasteiger charge is -2.01. The van der Waals surface area contributed by atoms with Gasteiger partial charge in [0.1, 0.15) is 10.6 Å². The van der Waals surface area contributed by atoms with E-state index in [1.165, 1.54) is 11.3 Å². The minimum Gasteiger partial charge on any atom is -0.497 e. The van der Waals surface area contributed by atoms with E-state index < -0.39 is 0 Å². The number of benzene rings is 1. The number of methoxy groups -OCH3 is 1. The van der Waals surface area contributed by atoms with Gasteiger partial charge in [-0.2, -0.15) is 0 Å². The van der Waals surface area contributed by atoms with Gasteiger partial charge in [-0.3, -0.25) is 0 Å². The highest BCUT2D eigenvalue weighted by Crippen LogP contribution is 2.29. The second kappa shape index (κ2) is 5.69. The lowest BCUT2D eigenvalue weighted by atomic mass is 10.2. The molecule has 2 aromatic rings. The maximum Gasteiger partial charge on any atom is 0.348 e. The number of rotatable bonds is 4. The first-order valence-electron chi connectivity index (χ1n) is 5.66. The maximum absolute atomic E-state index is 11.6. The highest BCUT2D eigenvalue weighted by Gasteiger charge is 2.10. The third-order valence-electron chi connectivity index (χ3n) is 2.46. The van der Waals surface area contributed by atoms with E-state index in [-0.39, 0.29) is 5.97 Å². The van der Waals surface area contributed by atoms with Crippen LogP contribution in [0.1, 0.15) is 16.6 Å². The lowest BCUT2D eigenvalue weighted by molar-refractivity contribution is 0.0532. The number of carbonyl (C=O) groups is 1. The van der Waals surface area contributed by atoms with Crippen LogP contribution in [0.15, 0.2) is 36.4 Å². The first-order valence-corrected chi connectivity index (χ1v) is 6.47. The van der Waals surface area contributed by atoms with Crippen molar-refractivity contribution < 1.29 is 14.3 Å². The zero-order valence-electron chi connectivity index (χ0n) is 10.3. The molecule has 0 saturated carbocycles. The molecule has 1 heterocycles. The van der Waals surface area contributed by atoms with E-state index in [9.17, 15) is 4.79 Å². The molecule has 18 heavy (non-hydrogen) atoms. The Morgan fingerprint density at radius 2 is 1.89 bits per heavy atom. The molecule has 2 rings (SSSR count). The first kappa shape index (κ1) is 12.6. The molecule has 0 amide bonds. The van der Waals surface area contributed by atoms with Crippen LogP contribution in [0.3, 0.4) is 0 Å². The van der Waals surface area contributed by atoms with Crippen molar-refractivity contribution in [3.05, 3.63) is 41.3 Å². The third kappa shape index (κ3) is 2.71. The summed E-state index contributed by atoms with van der Waals surface area (Å²) in [4.78, 5) is 13.2. The van der Waals surface area contributed by atoms with Gasteiger partial charge < -0.3 is 9.47 Å². The summed E-state index contributed by atoms with van der Waals surface area (Å²) in [7, 11) is 1.64. The summed E-state index contributed by atoms with van der Waals surface area (Å²) < 4.78 is 10.1. The van der Waals surface area contributed by atoms with Crippen LogP contribution in [-0.4, -0.2) is 19.7 Å². The van der Waals surface area contributed by atoms with Crippen LogP contribution >= 0.6 is 11.3 Å². The molecular formula is C14H14O3S. The van der Waals surface area contributed by atoms with Crippen molar-refractivity contribution in [1.82, 2.24) is 0 Å². The Kier molecular flexibility index (Phi) is 3.99. The predicted molar refractivity (Wildman–Crippen MR) is 72.3 cm³/mol. The van der Waals surface area contributed by atoms with E-state index in [4.69, 9.17) is 9.47 Å². The van der Waals surface area contributed by atoms with Crippen molar-refractivity contribution in [2.24, 2.45) is 0 Å². The molecule has 0 N–H and O–H groups in total. The number of hydrogen-bond donors (Lipinski definition) is 0. The fraction of sp³-hybridized carbons (Fsp3) is 0.214. The summed E-state index contributed by atoms with van der Waals surface area (Å²) in [6, 6.07) is 11.5. The van der Waals surface area contributed by atoms with Crippen molar-refractivity contribution in [1.29, 1.82) is 0 Å². The van der Waals surface area contributed by atoms with Gasteiger partial charge in [-0.15, -0.1) is 11.3 Å². The van der Waals surface area contributed by atoms with Gasteiger partial charge in [0.25, 0.3) is 0 Å². The van der Waals surface area contributed by atoms with Crippen LogP contribution < -0.4 is 4.74 Å². The van der Waals surface area contributed by atoms with Gasteiger partial charge in [0.05, 0.1) is 13.7 Å². The van der Waals surface area contributed by atoms with Crippen molar-refractivity contribution in [2.45, 2.75) is 6.92 Å². The van der Waals surface area contributed by atoms with Gasteiger partial charge >= 0.3 is 5.97 Å². The highest BCUT2D eigenvalue weighted by atomic mass is 32.1. The maximum atomic E-state index is 11.6. The summed E-state index contributed by atoms with van der Waals surface area (Å²) >= 11 is 1.43. The Morgan fingerprint density at radius 1 is 1.17 bits per heavy atom. The van der Waals surface area contributed by atoms with Gasteiger partial charge in [0.15, 0.2) is 0 Å². The summed E-state index contributed by atoms with van der Waals surface area (Å²) in [6.07, 6.45) is 0. The van der Waals surface area contributed by atoms with Crippen molar-refractivity contribution in [3.8, 4) is 16.2 Å². The Morgan fingerprint density at radius 3 is 2.50 bits per heavy atom. The van der Waals surface area contributed by atoms with Crippen LogP contribution in [0.25, 0.3) is 10.4 Å². The lowest BCUT2D eigenvalue weighted by Crippen LogP contribution is -2.01. The normalized spacial score (nSPS) is 10.1. The molecule has 1 aromatic heterocycles. The van der Waals surface area contributed by atoms with E-state index in [0.717, 1.165) is 16.2 Å². The molecule has 0 fully saturated rings. The number of hydrogen-bond acceptors (Lipinski definition) is 4. The van der Waals surface area contributed by atoms with E-state index in [1.807, 2.05) is 30.3 Å². The topological polar surface area (TPSA) is 35.5 Å². The Hall–Kier alpha value is -1.81. The molecule has 94 valence electrons. The van der Waals surface area contributed by atoms with Crippen LogP contribution in [0.5, 0.6) is 5.75 Å². The zero-order chi connectivity index (χ0) is 13.0. The summed E-state index contributed by atoms with van der Waals surface area (Å²) in [6.45, 7) is 2.20. The second-order valence-corrected chi connectivity index (χ2v) is 4.70. The van der Waals surface area contributed by atoms with Gasteiger partial charge in [-0.25, -0.2) is 4.79 Å². The molecule has 0 aliphatic rings. The second-order valence-electron chi connectivity index (χ2n) is 3.61. The number of carbonyl (C=O) groups excluding carboxylic acids is 1. The van der Waals surface area contributed by atoms with Gasteiger partial charge in [0.2, 0.25) is 0 Å². The van der Waals surface area contributed by atoms with Crippen LogP contribution in [-0.2, 0) is 4.74 Å². The monoisotopic (exact) mass is 262 g/mol. The van der Waals surface area contributed by atoms with Gasteiger partial charge in [-0.05, 0) is 48.9 Å². The largest absolute Gasteiger partial charge is 0.497 e. The Labute approximate surface area is 110 Å². The van der Waals surface area contributed by atoms with Crippen molar-refractivity contribution >= 4 is 17.3 Å². The van der Waals surface area contributed by atoms with Crippen LogP contribution in [0.4, 0.5) is 0 Å². The summed E-state index contributed by atoms with van der Waals surface area (Å²) in [5.41, 5.74) is 1.07. The number of thiophene rings is 1. The molecule has 0 atom stereocenters. The van der Waals surface area contributed by atoms with Crippen molar-refractivity contribution in [2.75, 3.05) is 13.7 Å². The van der Waals surface area contributed by atoms with E-state index in [1.54, 1.807) is 20.1 Å². The van der Waals surface area contributed by atoms with Gasteiger partial charge in [-0.1, -0.05) is 0 Å². The average Bonchev–Trinajstić information content (AvgIpc) is 2.89. The van der Waals surface area contributed by atoms with Gasteiger partial charge in [0, 0.05) is 4.88 Å². The fourth-order valence-electron chi connectivity index (χ4n) is 1.56. The SMILES string of the molecule is CCOC(=O)c1ccc(-c2ccc(OC)cc2)s1. The average molecular weight is 262 g/mol. The molecule has 0 aliphatic carbocycles. The highest BCUT2D eigenvalue weighted by molar-refractivity contribution is 7.17. The molecular weight excluding hydrogens is 248 g/mol. The quantitative estimate of drug-likeness (QED) is 0.790. The third-order valence-corrected chi connectivity index (χ3v) is 3.57. The minimum atomic E-state index is -0.262. The van der Waals surface area contributed by atoms with Crippen LogP contribution in [0, 0.1) is 0 Å². The zero-order valence-corrected chi connectivity index (χ0v) is 11.1. The molecule has 0 spiro atoms. The van der Waals surface area contributed by atoms with E-state index in [2.05, 4.69) is 0 Å². The molecule has 3 nitrogen and oxygen atoms in total.